The number of carbonyl (C=O) groups is 2. The van der Waals surface area contributed by atoms with Crippen molar-refractivity contribution in [3.63, 3.8) is 0 Å². The van der Waals surface area contributed by atoms with Crippen LogP contribution in [-0.4, -0.2) is 44.5 Å². The van der Waals surface area contributed by atoms with Crippen LogP contribution >= 0.6 is 0 Å². The van der Waals surface area contributed by atoms with Gasteiger partial charge < -0.3 is 15.5 Å². The second-order valence-corrected chi connectivity index (χ2v) is 7.85. The first-order valence-electron chi connectivity index (χ1n) is 10.2. The van der Waals surface area contributed by atoms with Gasteiger partial charge in [-0.2, -0.15) is 10.1 Å². The Labute approximate surface area is 184 Å². The summed E-state index contributed by atoms with van der Waals surface area (Å²) >= 11 is 0. The van der Waals surface area contributed by atoms with Gasteiger partial charge in [-0.25, -0.2) is 9.37 Å². The Morgan fingerprint density at radius 3 is 2.69 bits per heavy atom. The summed E-state index contributed by atoms with van der Waals surface area (Å²) in [6, 6.07) is 5.39. The van der Waals surface area contributed by atoms with E-state index in [4.69, 9.17) is 0 Å². The molecule has 0 saturated heterocycles. The van der Waals surface area contributed by atoms with E-state index in [-0.39, 0.29) is 23.5 Å². The standard InChI is InChI=1S/C22H24FN7O2/c1-12-18-20(29(4)19(14(3)31)21(32)27-18)28-22(26-12)24-9-15-10-25-30(11-15)13(2)16-5-7-17(23)8-6-16/h5-8,10-11,13,19H,9H2,1-4H3,(H,27,32)(H,24,26,28)/t13-,19?/m1/s1. The molecule has 4 rings (SSSR count). The number of likely N-dealkylation sites (N-methyl/N-ethyl adjacent to an activating group) is 1. The summed E-state index contributed by atoms with van der Waals surface area (Å²) in [5, 5.41) is 10.3. The number of rotatable bonds is 6. The zero-order chi connectivity index (χ0) is 23.0. The molecule has 1 aliphatic rings. The van der Waals surface area contributed by atoms with Crippen LogP contribution in [0.3, 0.4) is 0 Å². The van der Waals surface area contributed by atoms with Crippen LogP contribution in [0.1, 0.15) is 36.7 Å². The minimum absolute atomic E-state index is 0.0487. The number of amides is 1. The first kappa shape index (κ1) is 21.4. The lowest BCUT2D eigenvalue weighted by molar-refractivity contribution is -0.126. The number of nitrogens with zero attached hydrogens (tertiary/aromatic N) is 5. The SMILES string of the molecule is CC(=O)C1C(=O)Nc2c(C)nc(NCc3cnn([C@H](C)c4ccc(F)cc4)c3)nc2N1C. The molecule has 2 atom stereocenters. The molecule has 0 bridgehead atoms. The topological polar surface area (TPSA) is 105 Å². The van der Waals surface area contributed by atoms with Crippen molar-refractivity contribution in [2.24, 2.45) is 0 Å². The van der Waals surface area contributed by atoms with Gasteiger partial charge in [-0.15, -0.1) is 0 Å². The average molecular weight is 437 g/mol. The van der Waals surface area contributed by atoms with Crippen LogP contribution in [0.5, 0.6) is 0 Å². The third kappa shape index (κ3) is 4.03. The van der Waals surface area contributed by atoms with Crippen LogP contribution in [0.15, 0.2) is 36.7 Å². The first-order chi connectivity index (χ1) is 15.2. The Hall–Kier alpha value is -3.82. The average Bonchev–Trinajstić information content (AvgIpc) is 3.22. The summed E-state index contributed by atoms with van der Waals surface area (Å²) in [5.41, 5.74) is 2.97. The van der Waals surface area contributed by atoms with E-state index < -0.39 is 6.04 Å². The highest BCUT2D eigenvalue weighted by atomic mass is 19.1. The molecule has 1 amide bonds. The molecule has 1 unspecified atom stereocenters. The van der Waals surface area contributed by atoms with Crippen LogP contribution < -0.4 is 15.5 Å². The van der Waals surface area contributed by atoms with Crippen molar-refractivity contribution < 1.29 is 14.0 Å². The lowest BCUT2D eigenvalue weighted by Gasteiger charge is -2.33. The van der Waals surface area contributed by atoms with Gasteiger partial charge in [0.2, 0.25) is 5.95 Å². The van der Waals surface area contributed by atoms with Crippen molar-refractivity contribution in [1.82, 2.24) is 19.7 Å². The molecule has 0 fully saturated rings. The molecular formula is C22H24FN7O2. The molecule has 9 nitrogen and oxygen atoms in total. The van der Waals surface area contributed by atoms with Crippen LogP contribution in [0, 0.1) is 12.7 Å². The number of hydrogen-bond donors (Lipinski definition) is 2. The number of anilines is 3. The third-order valence-corrected chi connectivity index (χ3v) is 5.53. The number of aromatic nitrogens is 4. The summed E-state index contributed by atoms with van der Waals surface area (Å²) in [7, 11) is 1.67. The fourth-order valence-corrected chi connectivity index (χ4v) is 3.74. The van der Waals surface area contributed by atoms with Gasteiger partial charge >= 0.3 is 0 Å². The monoisotopic (exact) mass is 437 g/mol. The third-order valence-electron chi connectivity index (χ3n) is 5.53. The number of carbonyl (C=O) groups excluding carboxylic acids is 2. The summed E-state index contributed by atoms with van der Waals surface area (Å²) < 4.78 is 15.0. The maximum absolute atomic E-state index is 13.2. The molecule has 0 spiro atoms. The van der Waals surface area contributed by atoms with E-state index >= 15 is 0 Å². The molecule has 10 heteroatoms. The number of benzene rings is 1. The van der Waals surface area contributed by atoms with E-state index in [0.29, 0.717) is 29.7 Å². The molecule has 32 heavy (non-hydrogen) atoms. The van der Waals surface area contributed by atoms with Crippen molar-refractivity contribution in [3.05, 3.63) is 59.3 Å². The molecule has 0 radical (unpaired) electrons. The smallest absolute Gasteiger partial charge is 0.255 e. The maximum atomic E-state index is 13.2. The van der Waals surface area contributed by atoms with Gasteiger partial charge in [0.05, 0.1) is 17.9 Å². The number of ketones is 1. The van der Waals surface area contributed by atoms with Crippen LogP contribution in [0.4, 0.5) is 21.8 Å². The second kappa shape index (κ2) is 8.37. The van der Waals surface area contributed by atoms with E-state index in [0.717, 1.165) is 11.1 Å². The summed E-state index contributed by atoms with van der Waals surface area (Å²) in [4.78, 5) is 34.7. The molecule has 166 valence electrons. The van der Waals surface area contributed by atoms with E-state index in [9.17, 15) is 14.0 Å². The largest absolute Gasteiger partial charge is 0.350 e. The molecular weight excluding hydrogens is 413 g/mol. The van der Waals surface area contributed by atoms with Crippen LogP contribution in [0.2, 0.25) is 0 Å². The first-order valence-corrected chi connectivity index (χ1v) is 10.2. The lowest BCUT2D eigenvalue weighted by Crippen LogP contribution is -2.50. The molecule has 2 N–H and O–H groups in total. The van der Waals surface area contributed by atoms with E-state index in [1.165, 1.54) is 19.1 Å². The fourth-order valence-electron chi connectivity index (χ4n) is 3.74. The summed E-state index contributed by atoms with van der Waals surface area (Å²) in [6.45, 7) is 5.57. The second-order valence-electron chi connectivity index (χ2n) is 7.85. The minimum Gasteiger partial charge on any atom is -0.350 e. The van der Waals surface area contributed by atoms with E-state index in [1.807, 2.05) is 17.8 Å². The molecule has 1 aromatic carbocycles. The van der Waals surface area contributed by atoms with Gasteiger partial charge in [-0.3, -0.25) is 14.3 Å². The highest BCUT2D eigenvalue weighted by Crippen LogP contribution is 2.32. The quantitative estimate of drug-likeness (QED) is 0.571. The van der Waals surface area contributed by atoms with E-state index in [1.54, 1.807) is 37.2 Å². The molecule has 0 saturated carbocycles. The number of nitrogens with one attached hydrogen (secondary N) is 2. The van der Waals surface area contributed by atoms with Gasteiger partial charge in [0.25, 0.3) is 5.91 Å². The lowest BCUT2D eigenvalue weighted by atomic mass is 10.1. The van der Waals surface area contributed by atoms with Crippen LogP contribution in [-0.2, 0) is 16.1 Å². The van der Waals surface area contributed by atoms with E-state index in [2.05, 4.69) is 25.7 Å². The number of fused-ring (bicyclic) bond motifs is 1. The van der Waals surface area contributed by atoms with Crippen molar-refractivity contribution in [2.45, 2.75) is 39.4 Å². The van der Waals surface area contributed by atoms with Crippen molar-refractivity contribution >= 4 is 29.1 Å². The summed E-state index contributed by atoms with van der Waals surface area (Å²) in [6.07, 6.45) is 3.65. The van der Waals surface area contributed by atoms with Gasteiger partial charge in [-0.05, 0) is 38.5 Å². The Bertz CT molecular complexity index is 1180. The number of Topliss-reactive ketones (excluding diaryl/α,β-unsaturated/α-hetero) is 1. The van der Waals surface area contributed by atoms with Crippen molar-refractivity contribution in [2.75, 3.05) is 22.6 Å². The van der Waals surface area contributed by atoms with Gasteiger partial charge in [-0.1, -0.05) is 12.1 Å². The number of hydrogen-bond acceptors (Lipinski definition) is 7. The van der Waals surface area contributed by atoms with Gasteiger partial charge in [0.15, 0.2) is 17.6 Å². The molecule has 0 aliphatic carbocycles. The molecule has 3 aromatic rings. The predicted octanol–water partition coefficient (Wildman–Crippen LogP) is 2.69. The zero-order valence-electron chi connectivity index (χ0n) is 18.3. The van der Waals surface area contributed by atoms with Gasteiger partial charge in [0, 0.05) is 25.4 Å². The fraction of sp³-hybridized carbons (Fsp3) is 0.318. The highest BCUT2D eigenvalue weighted by molar-refractivity contribution is 6.16. The highest BCUT2D eigenvalue weighted by Gasteiger charge is 2.36. The number of halogens is 1. The number of aryl methyl sites for hydroxylation is 1. The molecule has 3 heterocycles. The normalized spacial score (nSPS) is 16.3. The van der Waals surface area contributed by atoms with Crippen LogP contribution in [0.25, 0.3) is 0 Å². The Balaban J connectivity index is 1.49. The maximum Gasteiger partial charge on any atom is 0.255 e. The van der Waals surface area contributed by atoms with Crippen molar-refractivity contribution in [3.8, 4) is 0 Å². The zero-order valence-corrected chi connectivity index (χ0v) is 18.3. The Morgan fingerprint density at radius 1 is 1.28 bits per heavy atom. The molecule has 2 aromatic heterocycles. The Kier molecular flexibility index (Phi) is 5.60. The molecule has 1 aliphatic heterocycles. The van der Waals surface area contributed by atoms with Crippen molar-refractivity contribution in [1.29, 1.82) is 0 Å². The predicted molar refractivity (Wildman–Crippen MR) is 118 cm³/mol. The minimum atomic E-state index is -0.921. The summed E-state index contributed by atoms with van der Waals surface area (Å²) in [5.74, 6) is -0.0514. The Morgan fingerprint density at radius 2 is 2.00 bits per heavy atom. The van der Waals surface area contributed by atoms with Gasteiger partial charge in [0.1, 0.15) is 11.5 Å².